The average molecular weight is 435 g/mol. The quantitative estimate of drug-likeness (QED) is 0.0839. The van der Waals surface area contributed by atoms with E-state index >= 15 is 0 Å². The number of phosphoric ester groups is 1. The molecule has 0 rings (SSSR count). The largest absolute Gasteiger partial charge is 0.474 e. The van der Waals surface area contributed by atoms with Crippen LogP contribution in [0.3, 0.4) is 0 Å². The summed E-state index contributed by atoms with van der Waals surface area (Å²) in [6.07, 6.45) is 13.8. The van der Waals surface area contributed by atoms with Crippen LogP contribution in [0, 0.1) is 0 Å². The van der Waals surface area contributed by atoms with E-state index in [1.807, 2.05) is 0 Å². The molecule has 0 amide bonds. The zero-order valence-corrected chi connectivity index (χ0v) is 19.8. The van der Waals surface area contributed by atoms with Gasteiger partial charge in [-0.1, -0.05) is 84.6 Å². The van der Waals surface area contributed by atoms with E-state index in [1.165, 1.54) is 38.5 Å². The highest BCUT2D eigenvalue weighted by molar-refractivity contribution is 7.48. The third-order valence-corrected chi connectivity index (χ3v) is 5.91. The van der Waals surface area contributed by atoms with Gasteiger partial charge >= 0.3 is 13.8 Å². The Hall–Kier alpha value is -0.680. The normalized spacial score (nSPS) is 12.7. The average Bonchev–Trinajstić information content (AvgIpc) is 2.71. The highest BCUT2D eigenvalue weighted by atomic mass is 31.2. The van der Waals surface area contributed by atoms with Crippen molar-refractivity contribution in [3.05, 3.63) is 12.7 Å². The minimum absolute atomic E-state index is 0.0517. The van der Waals surface area contributed by atoms with Crippen molar-refractivity contribution >= 4 is 13.8 Å². The lowest BCUT2D eigenvalue weighted by Crippen LogP contribution is -2.19. The second kappa shape index (κ2) is 19.3. The van der Waals surface area contributed by atoms with Crippen LogP contribution in [0.2, 0.25) is 0 Å². The van der Waals surface area contributed by atoms with Gasteiger partial charge in [-0.05, 0) is 19.8 Å². The highest BCUT2D eigenvalue weighted by Gasteiger charge is 2.27. The summed E-state index contributed by atoms with van der Waals surface area (Å²) in [5, 5.41) is 0. The van der Waals surface area contributed by atoms with E-state index in [0.717, 1.165) is 44.6 Å². The molecule has 7 heteroatoms. The number of esters is 1. The molecule has 0 spiro atoms. The van der Waals surface area contributed by atoms with Gasteiger partial charge in [-0.25, -0.2) is 9.36 Å². The van der Waals surface area contributed by atoms with Gasteiger partial charge in [-0.15, -0.1) is 0 Å². The lowest BCUT2D eigenvalue weighted by atomic mass is 10.1. The molecule has 0 bridgehead atoms. The van der Waals surface area contributed by atoms with Crippen molar-refractivity contribution in [1.29, 1.82) is 0 Å². The summed E-state index contributed by atoms with van der Waals surface area (Å²) in [6, 6.07) is 0. The third kappa shape index (κ3) is 17.9. The molecule has 172 valence electrons. The molecule has 6 nitrogen and oxygen atoms in total. The van der Waals surface area contributed by atoms with Crippen molar-refractivity contribution in [3.63, 3.8) is 0 Å². The lowest BCUT2D eigenvalue weighted by Gasteiger charge is -2.20. The van der Waals surface area contributed by atoms with E-state index in [2.05, 4.69) is 20.4 Å². The van der Waals surface area contributed by atoms with Gasteiger partial charge in [0, 0.05) is 6.08 Å². The van der Waals surface area contributed by atoms with Crippen LogP contribution >= 0.6 is 7.82 Å². The van der Waals surface area contributed by atoms with Gasteiger partial charge in [0.2, 0.25) is 0 Å². The van der Waals surface area contributed by atoms with Gasteiger partial charge in [0.1, 0.15) is 6.10 Å². The fraction of sp³-hybridized carbons (Fsp3) is 0.864. The molecule has 29 heavy (non-hydrogen) atoms. The van der Waals surface area contributed by atoms with Crippen molar-refractivity contribution in [3.8, 4) is 0 Å². The molecule has 0 N–H and O–H groups in total. The molecule has 0 fully saturated rings. The van der Waals surface area contributed by atoms with Crippen LogP contribution in [0.1, 0.15) is 97.8 Å². The molecule has 0 saturated heterocycles. The zero-order chi connectivity index (χ0) is 21.8. The molecule has 1 unspecified atom stereocenters. The van der Waals surface area contributed by atoms with E-state index in [1.54, 1.807) is 6.92 Å². The highest BCUT2D eigenvalue weighted by Crippen LogP contribution is 2.50. The summed E-state index contributed by atoms with van der Waals surface area (Å²) in [4.78, 5) is 11.3. The molecular weight excluding hydrogens is 391 g/mol. The van der Waals surface area contributed by atoms with Crippen LogP contribution in [0.15, 0.2) is 12.7 Å². The van der Waals surface area contributed by atoms with Gasteiger partial charge in [0.25, 0.3) is 0 Å². The summed E-state index contributed by atoms with van der Waals surface area (Å²) >= 11 is 0. The molecule has 0 aromatic rings. The fourth-order valence-corrected chi connectivity index (χ4v) is 4.03. The molecule has 0 aliphatic rings. The van der Waals surface area contributed by atoms with Gasteiger partial charge in [0.15, 0.2) is 0 Å². The Morgan fingerprint density at radius 1 is 0.828 bits per heavy atom. The molecule has 0 radical (unpaired) electrons. The third-order valence-electron chi connectivity index (χ3n) is 4.45. The van der Waals surface area contributed by atoms with Crippen molar-refractivity contribution in [2.75, 3.05) is 19.8 Å². The summed E-state index contributed by atoms with van der Waals surface area (Å²) in [6.45, 7) is 10.0. The topological polar surface area (TPSA) is 71.1 Å². The Kier molecular flexibility index (Phi) is 18.8. The maximum absolute atomic E-state index is 12.9. The number of hydrogen-bond acceptors (Lipinski definition) is 6. The van der Waals surface area contributed by atoms with Crippen LogP contribution in [-0.4, -0.2) is 31.9 Å². The number of ether oxygens (including phenoxy) is 1. The Morgan fingerprint density at radius 3 is 1.72 bits per heavy atom. The van der Waals surface area contributed by atoms with Crippen molar-refractivity contribution in [2.24, 2.45) is 0 Å². The van der Waals surface area contributed by atoms with Crippen molar-refractivity contribution in [1.82, 2.24) is 0 Å². The smallest absolute Gasteiger partial charge is 0.457 e. The first-order valence-electron chi connectivity index (χ1n) is 11.3. The number of phosphoric acid groups is 1. The van der Waals surface area contributed by atoms with Gasteiger partial charge in [-0.2, -0.15) is 0 Å². The van der Waals surface area contributed by atoms with Crippen molar-refractivity contribution < 1.29 is 27.7 Å². The number of carbonyl (C=O) groups excluding carboxylic acids is 1. The molecule has 0 aromatic heterocycles. The first-order valence-corrected chi connectivity index (χ1v) is 12.8. The van der Waals surface area contributed by atoms with E-state index in [0.29, 0.717) is 13.2 Å². The van der Waals surface area contributed by atoms with Crippen LogP contribution in [0.5, 0.6) is 0 Å². The van der Waals surface area contributed by atoms with Crippen LogP contribution in [0.25, 0.3) is 0 Å². The van der Waals surface area contributed by atoms with Gasteiger partial charge < -0.3 is 4.74 Å². The molecular formula is C22H43O6P. The maximum Gasteiger partial charge on any atom is 0.474 e. The minimum Gasteiger partial charge on any atom is -0.457 e. The van der Waals surface area contributed by atoms with E-state index in [4.69, 9.17) is 18.3 Å². The number of rotatable bonds is 21. The van der Waals surface area contributed by atoms with E-state index in [-0.39, 0.29) is 6.61 Å². The van der Waals surface area contributed by atoms with Crippen LogP contribution in [0.4, 0.5) is 0 Å². The number of hydrogen-bond donors (Lipinski definition) is 0. The SMILES string of the molecule is C=CC(=O)OC(C)COP(=O)(OCCCCCCCC)OCCCCCCCC. The molecule has 0 aromatic carbocycles. The Morgan fingerprint density at radius 2 is 1.28 bits per heavy atom. The maximum atomic E-state index is 12.9. The molecule has 0 heterocycles. The Balaban J connectivity index is 4.31. The Labute approximate surface area is 178 Å². The second-order valence-electron chi connectivity index (χ2n) is 7.40. The monoisotopic (exact) mass is 434 g/mol. The van der Waals surface area contributed by atoms with Gasteiger partial charge in [0.05, 0.1) is 19.8 Å². The number of carbonyl (C=O) groups is 1. The van der Waals surface area contributed by atoms with Gasteiger partial charge in [-0.3, -0.25) is 13.6 Å². The predicted octanol–water partition coefficient (Wildman–Crippen LogP) is 6.98. The number of unbranched alkanes of at least 4 members (excludes halogenated alkanes) is 10. The minimum atomic E-state index is -3.66. The Bertz CT molecular complexity index is 433. The summed E-state index contributed by atoms with van der Waals surface area (Å²) in [5.41, 5.74) is 0. The van der Waals surface area contributed by atoms with Crippen LogP contribution < -0.4 is 0 Å². The molecule has 0 saturated carbocycles. The van der Waals surface area contributed by atoms with E-state index in [9.17, 15) is 9.36 Å². The first kappa shape index (κ1) is 28.3. The second-order valence-corrected chi connectivity index (χ2v) is 9.07. The molecule has 0 aliphatic heterocycles. The summed E-state index contributed by atoms with van der Waals surface area (Å²) in [7, 11) is -3.66. The molecule has 1 atom stereocenters. The fourth-order valence-electron chi connectivity index (χ4n) is 2.71. The summed E-state index contributed by atoms with van der Waals surface area (Å²) in [5.74, 6) is -0.545. The lowest BCUT2D eigenvalue weighted by molar-refractivity contribution is -0.143. The van der Waals surface area contributed by atoms with Crippen LogP contribution in [-0.2, 0) is 27.7 Å². The summed E-state index contributed by atoms with van der Waals surface area (Å²) < 4.78 is 34.4. The first-order chi connectivity index (χ1) is 14.0. The zero-order valence-electron chi connectivity index (χ0n) is 18.9. The predicted molar refractivity (Wildman–Crippen MR) is 118 cm³/mol. The standard InChI is InChI=1S/C22H43O6P/c1-5-8-10-12-14-16-18-25-29(24,26-19-17-15-13-11-9-6-2)27-20-21(4)28-22(23)7-3/h7,21H,3,5-6,8-20H2,1-2,4H3. The van der Waals surface area contributed by atoms with E-state index < -0.39 is 19.9 Å². The van der Waals surface area contributed by atoms with Crippen molar-refractivity contribution in [2.45, 2.75) is 104 Å². The molecule has 0 aliphatic carbocycles.